The van der Waals surface area contributed by atoms with Crippen LogP contribution in [0.1, 0.15) is 20.7 Å². The number of aliphatic hydroxyl groups excluding tert-OH is 1. The monoisotopic (exact) mass is 207 g/mol. The lowest BCUT2D eigenvalue weighted by Gasteiger charge is -2.16. The molecule has 4 heteroatoms. The molecule has 0 aliphatic carbocycles. The van der Waals surface area contributed by atoms with Crippen LogP contribution in [0.5, 0.6) is 0 Å². The van der Waals surface area contributed by atoms with Crippen LogP contribution >= 0.6 is 0 Å². The highest BCUT2D eigenvalue weighted by Crippen LogP contribution is 2.08. The van der Waals surface area contributed by atoms with E-state index in [4.69, 9.17) is 5.11 Å². The van der Waals surface area contributed by atoms with Crippen molar-refractivity contribution in [2.75, 3.05) is 20.2 Å². The first-order valence-corrected chi connectivity index (χ1v) is 4.61. The number of hydrogen-bond donors (Lipinski definition) is 1. The maximum absolute atomic E-state index is 11.8. The van der Waals surface area contributed by atoms with Crippen LogP contribution in [0.4, 0.5) is 0 Å². The van der Waals surface area contributed by atoms with Gasteiger partial charge in [-0.05, 0) is 6.07 Å². The topological polar surface area (TPSA) is 57.6 Å². The number of amides is 1. The van der Waals surface area contributed by atoms with E-state index in [1.165, 1.54) is 4.90 Å². The van der Waals surface area contributed by atoms with Crippen LogP contribution < -0.4 is 0 Å². The number of benzene rings is 1. The molecule has 1 rings (SSSR count). The van der Waals surface area contributed by atoms with Crippen LogP contribution in [0.25, 0.3) is 0 Å². The molecule has 0 fully saturated rings. The van der Waals surface area contributed by atoms with Gasteiger partial charge in [0.15, 0.2) is 6.29 Å². The summed E-state index contributed by atoms with van der Waals surface area (Å²) >= 11 is 0. The number of aldehydes is 1. The Morgan fingerprint density at radius 2 is 2.13 bits per heavy atom. The molecule has 1 N–H and O–H groups in total. The second kappa shape index (κ2) is 5.26. The zero-order valence-corrected chi connectivity index (χ0v) is 8.51. The summed E-state index contributed by atoms with van der Waals surface area (Å²) in [5, 5.41) is 8.70. The summed E-state index contributed by atoms with van der Waals surface area (Å²) in [4.78, 5) is 23.8. The molecule has 0 unspecified atom stereocenters. The van der Waals surface area contributed by atoms with Gasteiger partial charge in [0.05, 0.1) is 12.2 Å². The Hall–Kier alpha value is -1.68. The van der Waals surface area contributed by atoms with Crippen molar-refractivity contribution in [3.8, 4) is 0 Å². The van der Waals surface area contributed by atoms with Crippen molar-refractivity contribution in [2.24, 2.45) is 0 Å². The molecule has 0 aliphatic rings. The van der Waals surface area contributed by atoms with Gasteiger partial charge < -0.3 is 10.0 Å². The predicted molar refractivity (Wildman–Crippen MR) is 55.9 cm³/mol. The third kappa shape index (κ3) is 2.63. The maximum atomic E-state index is 11.8. The quantitative estimate of drug-likeness (QED) is 0.734. The first-order chi connectivity index (χ1) is 7.20. The van der Waals surface area contributed by atoms with Crippen molar-refractivity contribution in [3.63, 3.8) is 0 Å². The van der Waals surface area contributed by atoms with Crippen LogP contribution in [-0.2, 0) is 0 Å². The van der Waals surface area contributed by atoms with Gasteiger partial charge >= 0.3 is 0 Å². The molecule has 0 spiro atoms. The van der Waals surface area contributed by atoms with Gasteiger partial charge in [0.25, 0.3) is 5.91 Å². The Morgan fingerprint density at radius 1 is 1.47 bits per heavy atom. The molecule has 0 aliphatic heterocycles. The third-order valence-corrected chi connectivity index (χ3v) is 2.10. The van der Waals surface area contributed by atoms with Crippen LogP contribution in [0.3, 0.4) is 0 Å². The molecule has 0 aromatic heterocycles. The van der Waals surface area contributed by atoms with E-state index in [1.54, 1.807) is 31.3 Å². The Balaban J connectivity index is 2.95. The lowest BCUT2D eigenvalue weighted by molar-refractivity contribution is 0.0764. The maximum Gasteiger partial charge on any atom is 0.254 e. The van der Waals surface area contributed by atoms with Gasteiger partial charge in [0.2, 0.25) is 0 Å². The number of rotatable bonds is 4. The summed E-state index contributed by atoms with van der Waals surface area (Å²) in [7, 11) is 1.58. The number of aliphatic hydroxyl groups is 1. The normalized spacial score (nSPS) is 9.73. The highest BCUT2D eigenvalue weighted by Gasteiger charge is 2.14. The van der Waals surface area contributed by atoms with E-state index in [0.29, 0.717) is 17.4 Å². The van der Waals surface area contributed by atoms with Gasteiger partial charge in [-0.3, -0.25) is 9.59 Å². The second-order valence-corrected chi connectivity index (χ2v) is 3.16. The molecule has 0 radical (unpaired) electrons. The molecule has 1 aromatic rings. The van der Waals surface area contributed by atoms with Crippen molar-refractivity contribution in [3.05, 3.63) is 35.4 Å². The first-order valence-electron chi connectivity index (χ1n) is 4.61. The molecule has 15 heavy (non-hydrogen) atoms. The number of carbonyl (C=O) groups excluding carboxylic acids is 2. The Bertz CT molecular complexity index is 363. The molecule has 0 bridgehead atoms. The molecule has 0 saturated heterocycles. The zero-order chi connectivity index (χ0) is 11.3. The molecule has 0 heterocycles. The third-order valence-electron chi connectivity index (χ3n) is 2.10. The van der Waals surface area contributed by atoms with Crippen molar-refractivity contribution in [1.29, 1.82) is 0 Å². The van der Waals surface area contributed by atoms with Gasteiger partial charge in [-0.2, -0.15) is 0 Å². The first kappa shape index (κ1) is 11.4. The van der Waals surface area contributed by atoms with Crippen molar-refractivity contribution < 1.29 is 14.7 Å². The standard InChI is InChI=1S/C11H13NO3/c1-12(6-7-13)11(15)10-5-3-2-4-9(10)8-14/h2-5,8,13H,6-7H2,1H3. The summed E-state index contributed by atoms with van der Waals surface area (Å²) in [5.41, 5.74) is 0.732. The molecule has 0 saturated carbocycles. The van der Waals surface area contributed by atoms with Crippen LogP contribution in [-0.4, -0.2) is 42.4 Å². The minimum atomic E-state index is -0.258. The van der Waals surface area contributed by atoms with E-state index in [2.05, 4.69) is 0 Å². The number of nitrogens with zero attached hydrogens (tertiary/aromatic N) is 1. The van der Waals surface area contributed by atoms with Crippen molar-refractivity contribution in [1.82, 2.24) is 4.90 Å². The lowest BCUT2D eigenvalue weighted by atomic mass is 10.1. The van der Waals surface area contributed by atoms with Crippen molar-refractivity contribution in [2.45, 2.75) is 0 Å². The molecule has 1 aromatic carbocycles. The number of likely N-dealkylation sites (N-methyl/N-ethyl adjacent to an activating group) is 1. The molecule has 4 nitrogen and oxygen atoms in total. The minimum absolute atomic E-state index is 0.0918. The van der Waals surface area contributed by atoms with Gasteiger partial charge in [-0.15, -0.1) is 0 Å². The molecular formula is C11H13NO3. The lowest BCUT2D eigenvalue weighted by Crippen LogP contribution is -2.30. The van der Waals surface area contributed by atoms with Crippen molar-refractivity contribution >= 4 is 12.2 Å². The van der Waals surface area contributed by atoms with E-state index in [1.807, 2.05) is 0 Å². The minimum Gasteiger partial charge on any atom is -0.395 e. The summed E-state index contributed by atoms with van der Waals surface area (Å²) in [5.74, 6) is -0.258. The van der Waals surface area contributed by atoms with Gasteiger partial charge in [-0.1, -0.05) is 18.2 Å². The molecule has 0 atom stereocenters. The van der Waals surface area contributed by atoms with Gasteiger partial charge in [-0.25, -0.2) is 0 Å². The Labute approximate surface area is 88.1 Å². The van der Waals surface area contributed by atoms with Crippen LogP contribution in [0.2, 0.25) is 0 Å². The fourth-order valence-electron chi connectivity index (χ4n) is 1.25. The second-order valence-electron chi connectivity index (χ2n) is 3.16. The summed E-state index contributed by atoms with van der Waals surface area (Å²) in [6, 6.07) is 6.59. The summed E-state index contributed by atoms with van der Waals surface area (Å²) < 4.78 is 0. The van der Waals surface area contributed by atoms with E-state index in [-0.39, 0.29) is 19.1 Å². The van der Waals surface area contributed by atoms with Crippen LogP contribution in [0.15, 0.2) is 24.3 Å². The average molecular weight is 207 g/mol. The van der Waals surface area contributed by atoms with Crippen LogP contribution in [0, 0.1) is 0 Å². The predicted octanol–water partition coefficient (Wildman–Crippen LogP) is 0.563. The highest BCUT2D eigenvalue weighted by atomic mass is 16.3. The summed E-state index contributed by atoms with van der Waals surface area (Å²) in [6.07, 6.45) is 0.653. The van der Waals surface area contributed by atoms with E-state index < -0.39 is 0 Å². The fourth-order valence-corrected chi connectivity index (χ4v) is 1.25. The van der Waals surface area contributed by atoms with Gasteiger partial charge in [0.1, 0.15) is 0 Å². The molecule has 80 valence electrons. The number of carbonyl (C=O) groups is 2. The van der Waals surface area contributed by atoms with E-state index >= 15 is 0 Å². The fraction of sp³-hybridized carbons (Fsp3) is 0.273. The highest BCUT2D eigenvalue weighted by molar-refractivity contribution is 6.01. The molecular weight excluding hydrogens is 194 g/mol. The summed E-state index contributed by atoms with van der Waals surface area (Å²) in [6.45, 7) is 0.164. The Kier molecular flexibility index (Phi) is 4.00. The number of hydrogen-bond acceptors (Lipinski definition) is 3. The largest absolute Gasteiger partial charge is 0.395 e. The SMILES string of the molecule is CN(CCO)C(=O)c1ccccc1C=O. The average Bonchev–Trinajstić information content (AvgIpc) is 2.28. The smallest absolute Gasteiger partial charge is 0.254 e. The van der Waals surface area contributed by atoms with E-state index in [0.717, 1.165) is 0 Å². The Morgan fingerprint density at radius 3 is 2.73 bits per heavy atom. The van der Waals surface area contributed by atoms with Gasteiger partial charge in [0, 0.05) is 19.2 Å². The van der Waals surface area contributed by atoms with E-state index in [9.17, 15) is 9.59 Å². The molecule has 1 amide bonds. The zero-order valence-electron chi connectivity index (χ0n) is 8.51.